The average molecular weight is 283 g/mol. The lowest BCUT2D eigenvalue weighted by atomic mass is 10.1. The van der Waals surface area contributed by atoms with E-state index in [1.807, 2.05) is 6.92 Å². The molecule has 2 rings (SSSR count). The van der Waals surface area contributed by atoms with Gasteiger partial charge in [0, 0.05) is 5.02 Å². The predicted molar refractivity (Wildman–Crippen MR) is 74.0 cm³/mol. The summed E-state index contributed by atoms with van der Waals surface area (Å²) >= 11 is 12.0. The molecule has 0 spiro atoms. The second-order valence-electron chi connectivity index (χ2n) is 3.80. The fourth-order valence-electron chi connectivity index (χ4n) is 1.58. The topological polar surface area (TPSA) is 29.5 Å². The Balaban J connectivity index is 2.36. The third kappa shape index (κ3) is 2.71. The van der Waals surface area contributed by atoms with Gasteiger partial charge in [-0.15, -0.1) is 0 Å². The van der Waals surface area contributed by atoms with Crippen LogP contribution in [0.3, 0.4) is 0 Å². The maximum atomic E-state index is 9.79. The highest BCUT2D eigenvalue weighted by Crippen LogP contribution is 2.39. The third-order valence-electron chi connectivity index (χ3n) is 2.57. The molecule has 4 heteroatoms. The van der Waals surface area contributed by atoms with Crippen LogP contribution in [0.25, 0.3) is 0 Å². The van der Waals surface area contributed by atoms with Crippen LogP contribution in [-0.4, -0.2) is 5.11 Å². The number of phenols is 1. The van der Waals surface area contributed by atoms with Crippen molar-refractivity contribution in [2.45, 2.75) is 13.3 Å². The van der Waals surface area contributed by atoms with Crippen molar-refractivity contribution in [3.8, 4) is 17.2 Å². The molecule has 0 aliphatic rings. The van der Waals surface area contributed by atoms with Crippen LogP contribution in [-0.2, 0) is 6.42 Å². The molecule has 0 heterocycles. The smallest absolute Gasteiger partial charge is 0.187 e. The summed E-state index contributed by atoms with van der Waals surface area (Å²) in [4.78, 5) is 0. The molecule has 2 nitrogen and oxygen atoms in total. The third-order valence-corrected chi connectivity index (χ3v) is 3.24. The number of halogens is 2. The molecule has 0 amide bonds. The monoisotopic (exact) mass is 282 g/mol. The minimum absolute atomic E-state index is 0.0205. The van der Waals surface area contributed by atoms with Crippen LogP contribution in [0.4, 0.5) is 0 Å². The van der Waals surface area contributed by atoms with E-state index in [1.165, 1.54) is 0 Å². The number of hydrogen-bond donors (Lipinski definition) is 1. The summed E-state index contributed by atoms with van der Waals surface area (Å²) in [7, 11) is 0. The van der Waals surface area contributed by atoms with Gasteiger partial charge < -0.3 is 9.84 Å². The molecule has 0 saturated heterocycles. The first kappa shape index (κ1) is 13.1. The lowest BCUT2D eigenvalue weighted by Gasteiger charge is -2.12. The zero-order valence-corrected chi connectivity index (χ0v) is 11.3. The Bertz CT molecular complexity index is 550. The Kier molecular flexibility index (Phi) is 4.00. The summed E-state index contributed by atoms with van der Waals surface area (Å²) in [5.74, 6) is 0.871. The van der Waals surface area contributed by atoms with Gasteiger partial charge in [-0.2, -0.15) is 0 Å². The molecular weight excluding hydrogens is 271 g/mol. The number of hydrogen-bond acceptors (Lipinski definition) is 2. The first-order valence-electron chi connectivity index (χ1n) is 5.55. The Morgan fingerprint density at radius 3 is 2.33 bits per heavy atom. The summed E-state index contributed by atoms with van der Waals surface area (Å²) in [5, 5.41) is 10.9. The first-order valence-corrected chi connectivity index (χ1v) is 6.31. The van der Waals surface area contributed by atoms with Gasteiger partial charge in [-0.05, 0) is 42.3 Å². The molecule has 2 aromatic rings. The molecule has 1 N–H and O–H groups in total. The van der Waals surface area contributed by atoms with Crippen LogP contribution in [0.5, 0.6) is 17.2 Å². The van der Waals surface area contributed by atoms with Gasteiger partial charge in [-0.3, -0.25) is 0 Å². The summed E-state index contributed by atoms with van der Waals surface area (Å²) in [6, 6.07) is 10.2. The molecule has 0 radical (unpaired) electrons. The van der Waals surface area contributed by atoms with Gasteiger partial charge in [-0.1, -0.05) is 36.2 Å². The number of aromatic hydroxyl groups is 1. The Hall–Kier alpha value is -1.38. The van der Waals surface area contributed by atoms with Crippen LogP contribution >= 0.6 is 23.2 Å². The lowest BCUT2D eigenvalue weighted by molar-refractivity contribution is 0.411. The van der Waals surface area contributed by atoms with E-state index in [0.717, 1.165) is 12.0 Å². The molecule has 0 aromatic heterocycles. The molecule has 0 atom stereocenters. The molecule has 18 heavy (non-hydrogen) atoms. The molecule has 2 aromatic carbocycles. The van der Waals surface area contributed by atoms with Crippen molar-refractivity contribution in [3.63, 3.8) is 0 Å². The van der Waals surface area contributed by atoms with E-state index in [9.17, 15) is 5.11 Å². The van der Waals surface area contributed by atoms with E-state index in [-0.39, 0.29) is 11.5 Å². The second-order valence-corrected chi connectivity index (χ2v) is 4.61. The minimum atomic E-state index is 0.0205. The predicted octanol–water partition coefficient (Wildman–Crippen LogP) is 5.05. The highest BCUT2D eigenvalue weighted by molar-refractivity contribution is 6.33. The molecule has 0 bridgehead atoms. The number of aryl methyl sites for hydroxylation is 1. The first-order chi connectivity index (χ1) is 8.61. The molecule has 94 valence electrons. The molecule has 0 unspecified atom stereocenters. The molecule has 0 aliphatic carbocycles. The van der Waals surface area contributed by atoms with Crippen molar-refractivity contribution in [2.75, 3.05) is 0 Å². The van der Waals surface area contributed by atoms with Gasteiger partial charge in [0.25, 0.3) is 0 Å². The molecule has 0 saturated carbocycles. The van der Waals surface area contributed by atoms with Crippen LogP contribution in [0.1, 0.15) is 12.5 Å². The van der Waals surface area contributed by atoms with Gasteiger partial charge in [0.15, 0.2) is 11.5 Å². The Morgan fingerprint density at radius 2 is 1.72 bits per heavy atom. The second kappa shape index (κ2) is 5.51. The Labute approximate surface area is 116 Å². The minimum Gasteiger partial charge on any atom is -0.504 e. The summed E-state index contributed by atoms with van der Waals surface area (Å²) in [5.41, 5.74) is 0.929. The van der Waals surface area contributed by atoms with E-state index in [2.05, 4.69) is 0 Å². The van der Waals surface area contributed by atoms with Gasteiger partial charge >= 0.3 is 0 Å². The highest BCUT2D eigenvalue weighted by Gasteiger charge is 2.12. The van der Waals surface area contributed by atoms with Gasteiger partial charge in [0.05, 0.1) is 5.02 Å². The largest absolute Gasteiger partial charge is 0.504 e. The van der Waals surface area contributed by atoms with Crippen molar-refractivity contribution < 1.29 is 9.84 Å². The van der Waals surface area contributed by atoms with Crippen LogP contribution in [0.2, 0.25) is 10.0 Å². The van der Waals surface area contributed by atoms with Crippen LogP contribution < -0.4 is 4.74 Å². The van der Waals surface area contributed by atoms with Gasteiger partial charge in [-0.25, -0.2) is 0 Å². The lowest BCUT2D eigenvalue weighted by Crippen LogP contribution is -1.90. The van der Waals surface area contributed by atoms with E-state index in [1.54, 1.807) is 36.4 Å². The summed E-state index contributed by atoms with van der Waals surface area (Å²) in [6.07, 6.45) is 0.774. The van der Waals surface area contributed by atoms with Crippen molar-refractivity contribution in [3.05, 3.63) is 52.0 Å². The van der Waals surface area contributed by atoms with Gasteiger partial charge in [0.1, 0.15) is 5.75 Å². The molecule has 0 fully saturated rings. The van der Waals surface area contributed by atoms with E-state index < -0.39 is 0 Å². The van der Waals surface area contributed by atoms with E-state index in [0.29, 0.717) is 15.8 Å². The summed E-state index contributed by atoms with van der Waals surface area (Å²) in [6.45, 7) is 1.99. The number of rotatable bonds is 3. The van der Waals surface area contributed by atoms with Gasteiger partial charge in [0.2, 0.25) is 0 Å². The van der Waals surface area contributed by atoms with Crippen molar-refractivity contribution in [1.82, 2.24) is 0 Å². The van der Waals surface area contributed by atoms with Crippen LogP contribution in [0.15, 0.2) is 36.4 Å². The maximum Gasteiger partial charge on any atom is 0.187 e. The molecule has 0 aliphatic heterocycles. The zero-order chi connectivity index (χ0) is 13.1. The quantitative estimate of drug-likeness (QED) is 0.853. The standard InChI is InChI=1S/C14H12Cl2O2/c1-2-9-3-8-12(17)14(13(9)16)18-11-6-4-10(15)5-7-11/h3-8,17H,2H2,1H3. The summed E-state index contributed by atoms with van der Waals surface area (Å²) < 4.78 is 5.60. The van der Waals surface area contributed by atoms with E-state index in [4.69, 9.17) is 27.9 Å². The highest BCUT2D eigenvalue weighted by atomic mass is 35.5. The Morgan fingerprint density at radius 1 is 1.06 bits per heavy atom. The fraction of sp³-hybridized carbons (Fsp3) is 0.143. The zero-order valence-electron chi connectivity index (χ0n) is 9.78. The maximum absolute atomic E-state index is 9.79. The van der Waals surface area contributed by atoms with Crippen molar-refractivity contribution >= 4 is 23.2 Å². The average Bonchev–Trinajstić information content (AvgIpc) is 2.37. The van der Waals surface area contributed by atoms with Crippen molar-refractivity contribution in [2.24, 2.45) is 0 Å². The SMILES string of the molecule is CCc1ccc(O)c(Oc2ccc(Cl)cc2)c1Cl. The van der Waals surface area contributed by atoms with Crippen LogP contribution in [0, 0.1) is 0 Å². The molecular formula is C14H12Cl2O2. The van der Waals surface area contributed by atoms with Crippen molar-refractivity contribution in [1.29, 1.82) is 0 Å². The normalized spacial score (nSPS) is 10.4. The number of ether oxygens (including phenoxy) is 1. The fourth-order valence-corrected chi connectivity index (χ4v) is 2.04. The number of phenolic OH excluding ortho intramolecular Hbond substituents is 1. The van der Waals surface area contributed by atoms with E-state index >= 15 is 0 Å². The number of benzene rings is 2.